The van der Waals surface area contributed by atoms with E-state index in [1.54, 1.807) is 0 Å². The summed E-state index contributed by atoms with van der Waals surface area (Å²) < 4.78 is 17.2. The van der Waals surface area contributed by atoms with E-state index in [2.05, 4.69) is 30.7 Å². The largest absolute Gasteiger partial charge is 0.477 e. The van der Waals surface area contributed by atoms with Crippen molar-refractivity contribution in [3.05, 3.63) is 45.5 Å². The zero-order valence-corrected chi connectivity index (χ0v) is 17.1. The Kier molecular flexibility index (Phi) is 4.73. The molecule has 7 heteroatoms. The highest BCUT2D eigenvalue weighted by Crippen LogP contribution is 2.38. The van der Waals surface area contributed by atoms with E-state index in [1.807, 2.05) is 23.6 Å². The van der Waals surface area contributed by atoms with Crippen molar-refractivity contribution in [3.63, 3.8) is 0 Å². The summed E-state index contributed by atoms with van der Waals surface area (Å²) in [5, 5.41) is 9.59. The number of piperazine rings is 1. The molecule has 2 aliphatic heterocycles. The number of nitrogens with zero attached hydrogens (tertiary/aromatic N) is 3. The summed E-state index contributed by atoms with van der Waals surface area (Å²) >= 11 is 0. The maximum Gasteiger partial charge on any atom is 0.341 e. The van der Waals surface area contributed by atoms with Crippen molar-refractivity contribution in [2.75, 3.05) is 25.0 Å². The van der Waals surface area contributed by atoms with Crippen LogP contribution >= 0.6 is 0 Å². The van der Waals surface area contributed by atoms with Crippen molar-refractivity contribution in [2.45, 2.75) is 45.3 Å². The molecule has 0 bridgehead atoms. The second-order valence-corrected chi connectivity index (χ2v) is 8.20. The number of carbonyl (C=O) groups is 1. The molecule has 0 aliphatic carbocycles. The normalized spacial score (nSPS) is 24.3. The smallest absolute Gasteiger partial charge is 0.341 e. The van der Waals surface area contributed by atoms with E-state index in [-0.39, 0.29) is 29.1 Å². The molecule has 1 aromatic carbocycles. The average molecular weight is 399 g/mol. The molecule has 1 fully saturated rings. The van der Waals surface area contributed by atoms with Gasteiger partial charge in [-0.15, -0.1) is 0 Å². The SMILES string of the molecule is CCC1C=Cc2c(N3CC(C)N(C)C(C)C3)c(F)cc3c(=O)c(C(=O)O)cn1c23. The van der Waals surface area contributed by atoms with Crippen LogP contribution in [0.15, 0.2) is 23.1 Å². The number of hydrogen-bond acceptors (Lipinski definition) is 4. The van der Waals surface area contributed by atoms with Crippen molar-refractivity contribution in [1.29, 1.82) is 0 Å². The van der Waals surface area contributed by atoms with Crippen LogP contribution < -0.4 is 10.3 Å². The van der Waals surface area contributed by atoms with Gasteiger partial charge in [-0.3, -0.25) is 9.69 Å². The third kappa shape index (κ3) is 2.95. The lowest BCUT2D eigenvalue weighted by atomic mass is 9.96. The Morgan fingerprint density at radius 2 is 1.93 bits per heavy atom. The molecule has 2 aliphatic rings. The van der Waals surface area contributed by atoms with E-state index in [0.29, 0.717) is 29.9 Å². The fourth-order valence-electron chi connectivity index (χ4n) is 4.62. The van der Waals surface area contributed by atoms with Crippen LogP contribution in [0.3, 0.4) is 0 Å². The number of aromatic nitrogens is 1. The van der Waals surface area contributed by atoms with Crippen molar-refractivity contribution < 1.29 is 14.3 Å². The molecule has 3 unspecified atom stereocenters. The van der Waals surface area contributed by atoms with Crippen LogP contribution in [0.1, 0.15) is 49.2 Å². The first kappa shape index (κ1) is 19.6. The molecule has 0 saturated carbocycles. The summed E-state index contributed by atoms with van der Waals surface area (Å²) in [4.78, 5) is 28.7. The number of carboxylic acid groups (broad SMARTS) is 1. The molecular weight excluding hydrogens is 373 g/mol. The van der Waals surface area contributed by atoms with E-state index in [1.165, 1.54) is 12.3 Å². The Labute approximate surface area is 168 Å². The fraction of sp³-hybridized carbons (Fsp3) is 0.455. The van der Waals surface area contributed by atoms with Gasteiger partial charge in [-0.2, -0.15) is 0 Å². The number of halogens is 1. The summed E-state index contributed by atoms with van der Waals surface area (Å²) in [6.45, 7) is 7.59. The Morgan fingerprint density at radius 3 is 2.52 bits per heavy atom. The Bertz CT molecular complexity index is 1080. The molecule has 0 amide bonds. The van der Waals surface area contributed by atoms with Gasteiger partial charge in [0.1, 0.15) is 11.4 Å². The van der Waals surface area contributed by atoms with E-state index in [0.717, 1.165) is 6.42 Å². The van der Waals surface area contributed by atoms with Crippen LogP contribution in [0.4, 0.5) is 10.1 Å². The van der Waals surface area contributed by atoms with Gasteiger partial charge in [0.15, 0.2) is 0 Å². The number of benzene rings is 1. The molecule has 4 rings (SSSR count). The first-order valence-electron chi connectivity index (χ1n) is 10.0. The summed E-state index contributed by atoms with van der Waals surface area (Å²) in [6, 6.07) is 1.66. The van der Waals surface area contributed by atoms with Gasteiger partial charge in [0, 0.05) is 36.9 Å². The molecule has 1 aromatic heterocycles. The van der Waals surface area contributed by atoms with Gasteiger partial charge in [-0.25, -0.2) is 9.18 Å². The number of aromatic carboxylic acids is 1. The second-order valence-electron chi connectivity index (χ2n) is 8.20. The topological polar surface area (TPSA) is 65.8 Å². The lowest BCUT2D eigenvalue weighted by molar-refractivity contribution is 0.0694. The van der Waals surface area contributed by atoms with Crippen molar-refractivity contribution in [1.82, 2.24) is 9.47 Å². The summed E-state index contributed by atoms with van der Waals surface area (Å²) in [5.74, 6) is -1.78. The molecule has 1 saturated heterocycles. The zero-order valence-electron chi connectivity index (χ0n) is 17.1. The predicted molar refractivity (Wildman–Crippen MR) is 112 cm³/mol. The summed E-state index contributed by atoms with van der Waals surface area (Å²) in [5.41, 5.74) is 0.797. The van der Waals surface area contributed by atoms with Crippen LogP contribution in [0, 0.1) is 5.82 Å². The third-order valence-corrected chi connectivity index (χ3v) is 6.45. The predicted octanol–water partition coefficient (Wildman–Crippen LogP) is 3.35. The average Bonchev–Trinajstić information content (AvgIpc) is 2.67. The Morgan fingerprint density at radius 1 is 1.28 bits per heavy atom. The molecule has 0 spiro atoms. The minimum atomic E-state index is -1.29. The van der Waals surface area contributed by atoms with Gasteiger partial charge in [0.05, 0.1) is 22.6 Å². The van der Waals surface area contributed by atoms with E-state index in [4.69, 9.17) is 0 Å². The molecule has 0 radical (unpaired) electrons. The van der Waals surface area contributed by atoms with Crippen LogP contribution in [0.25, 0.3) is 17.0 Å². The minimum Gasteiger partial charge on any atom is -0.477 e. The number of anilines is 1. The van der Waals surface area contributed by atoms with Crippen LogP contribution in [0.5, 0.6) is 0 Å². The quantitative estimate of drug-likeness (QED) is 0.858. The number of allylic oxidation sites excluding steroid dienone is 1. The van der Waals surface area contributed by atoms with E-state index in [9.17, 15) is 14.7 Å². The fourth-order valence-corrected chi connectivity index (χ4v) is 4.62. The van der Waals surface area contributed by atoms with Gasteiger partial charge in [-0.05, 0) is 33.4 Å². The lowest BCUT2D eigenvalue weighted by Crippen LogP contribution is -2.55. The highest BCUT2D eigenvalue weighted by Gasteiger charge is 2.32. The summed E-state index contributed by atoms with van der Waals surface area (Å²) in [7, 11) is 2.07. The number of carboxylic acids is 1. The number of rotatable bonds is 3. The van der Waals surface area contributed by atoms with E-state index < -0.39 is 17.2 Å². The molecule has 1 N–H and O–H groups in total. The second kappa shape index (κ2) is 6.99. The van der Waals surface area contributed by atoms with Crippen molar-refractivity contribution >= 4 is 28.6 Å². The van der Waals surface area contributed by atoms with Crippen LogP contribution in [-0.2, 0) is 0 Å². The molecule has 154 valence electrons. The Hall–Kier alpha value is -2.67. The van der Waals surface area contributed by atoms with Crippen molar-refractivity contribution in [2.24, 2.45) is 0 Å². The number of likely N-dealkylation sites (N-methyl/N-ethyl adjacent to an activating group) is 1. The lowest BCUT2D eigenvalue weighted by Gasteiger charge is -2.44. The first-order chi connectivity index (χ1) is 13.7. The molecule has 3 atom stereocenters. The number of hydrogen-bond donors (Lipinski definition) is 1. The maximum absolute atomic E-state index is 15.4. The standard InChI is InChI=1S/C22H26FN3O3/c1-5-14-6-7-15-19-16(21(27)17(22(28)29)11-26(14)19)8-18(23)20(15)25-9-12(2)24(4)13(3)10-25/h6-8,11-14H,5,9-10H2,1-4H3,(H,28,29). The molecule has 2 aromatic rings. The molecule has 29 heavy (non-hydrogen) atoms. The van der Waals surface area contributed by atoms with Crippen LogP contribution in [0.2, 0.25) is 0 Å². The van der Waals surface area contributed by atoms with Gasteiger partial charge in [0.25, 0.3) is 0 Å². The highest BCUT2D eigenvalue weighted by molar-refractivity contribution is 5.99. The molecule has 3 heterocycles. The van der Waals surface area contributed by atoms with Gasteiger partial charge in [0.2, 0.25) is 5.43 Å². The monoisotopic (exact) mass is 399 g/mol. The van der Waals surface area contributed by atoms with Gasteiger partial charge < -0.3 is 14.6 Å². The minimum absolute atomic E-state index is 0.0765. The Balaban J connectivity index is 2.01. The molecule has 6 nitrogen and oxygen atoms in total. The third-order valence-electron chi connectivity index (χ3n) is 6.45. The van der Waals surface area contributed by atoms with Gasteiger partial charge in [-0.1, -0.05) is 19.1 Å². The summed E-state index contributed by atoms with van der Waals surface area (Å²) in [6.07, 6.45) is 6.00. The highest BCUT2D eigenvalue weighted by atomic mass is 19.1. The number of pyridine rings is 1. The molecular formula is C22H26FN3O3. The maximum atomic E-state index is 15.4. The van der Waals surface area contributed by atoms with Gasteiger partial charge >= 0.3 is 5.97 Å². The van der Waals surface area contributed by atoms with E-state index >= 15 is 4.39 Å². The van der Waals surface area contributed by atoms with Crippen molar-refractivity contribution in [3.8, 4) is 0 Å². The first-order valence-corrected chi connectivity index (χ1v) is 10.0. The zero-order chi connectivity index (χ0) is 21.0. The van der Waals surface area contributed by atoms with Crippen LogP contribution in [-0.4, -0.2) is 52.8 Å².